The summed E-state index contributed by atoms with van der Waals surface area (Å²) in [5.41, 5.74) is 2.19. The fraction of sp³-hybridized carbons (Fsp3) is 0.429. The van der Waals surface area contributed by atoms with E-state index in [-0.39, 0.29) is 23.4 Å². The predicted molar refractivity (Wildman–Crippen MR) is 97.4 cm³/mol. The molecule has 26 heavy (non-hydrogen) atoms. The Balaban J connectivity index is 1.37. The summed E-state index contributed by atoms with van der Waals surface area (Å²) < 4.78 is 5.46. The second-order valence-electron chi connectivity index (χ2n) is 7.44. The quantitative estimate of drug-likeness (QED) is 0.839. The van der Waals surface area contributed by atoms with Crippen molar-refractivity contribution in [3.8, 4) is 0 Å². The standard InChI is InChI=1S/C21H24N2O3/c24-19(22-18-8-7-15-4-1-2-6-17(15)18)9-11-21(12-10-20(25)23-21)14-16-5-3-13-26-16/h1-6,13,18H,7-12,14H2,(H,22,24)(H,23,25)/t18-,21-/m0/s1. The van der Waals surface area contributed by atoms with Crippen molar-refractivity contribution in [1.29, 1.82) is 0 Å². The topological polar surface area (TPSA) is 71.3 Å². The Morgan fingerprint density at radius 1 is 1.23 bits per heavy atom. The van der Waals surface area contributed by atoms with E-state index < -0.39 is 0 Å². The van der Waals surface area contributed by atoms with Crippen LogP contribution in [0.1, 0.15) is 55.0 Å². The maximum absolute atomic E-state index is 12.5. The van der Waals surface area contributed by atoms with E-state index in [0.29, 0.717) is 25.7 Å². The van der Waals surface area contributed by atoms with Crippen LogP contribution in [0, 0.1) is 0 Å². The second-order valence-corrected chi connectivity index (χ2v) is 7.44. The highest BCUT2D eigenvalue weighted by Crippen LogP contribution is 2.32. The van der Waals surface area contributed by atoms with Crippen molar-refractivity contribution in [1.82, 2.24) is 10.6 Å². The van der Waals surface area contributed by atoms with E-state index >= 15 is 0 Å². The minimum atomic E-state index is -0.375. The smallest absolute Gasteiger partial charge is 0.220 e. The number of benzene rings is 1. The highest BCUT2D eigenvalue weighted by Gasteiger charge is 2.38. The molecule has 0 spiro atoms. The summed E-state index contributed by atoms with van der Waals surface area (Å²) in [4.78, 5) is 24.4. The Hall–Kier alpha value is -2.56. The molecule has 2 amide bonds. The first-order valence-corrected chi connectivity index (χ1v) is 9.34. The molecular formula is C21H24N2O3. The predicted octanol–water partition coefficient (Wildman–Crippen LogP) is 3.05. The van der Waals surface area contributed by atoms with E-state index in [1.54, 1.807) is 6.26 Å². The molecule has 1 aliphatic heterocycles. The van der Waals surface area contributed by atoms with Crippen LogP contribution in [0.25, 0.3) is 0 Å². The van der Waals surface area contributed by atoms with Gasteiger partial charge in [0, 0.05) is 24.8 Å². The Kier molecular flexibility index (Phi) is 4.53. The lowest BCUT2D eigenvalue weighted by molar-refractivity contribution is -0.123. The fourth-order valence-electron chi connectivity index (χ4n) is 4.26. The Morgan fingerprint density at radius 2 is 2.12 bits per heavy atom. The summed E-state index contributed by atoms with van der Waals surface area (Å²) in [6.45, 7) is 0. The SMILES string of the molecule is O=C(CC[C@@]1(Cc2ccco2)CCC(=O)N1)N[C@H]1CCc2ccccc21. The van der Waals surface area contributed by atoms with E-state index in [1.165, 1.54) is 11.1 Å². The summed E-state index contributed by atoms with van der Waals surface area (Å²) in [6.07, 6.45) is 6.53. The first-order chi connectivity index (χ1) is 12.6. The second kappa shape index (κ2) is 6.98. The Bertz CT molecular complexity index is 799. The Morgan fingerprint density at radius 3 is 2.88 bits per heavy atom. The van der Waals surface area contributed by atoms with Gasteiger partial charge < -0.3 is 15.1 Å². The number of carbonyl (C=O) groups excluding carboxylic acids is 2. The van der Waals surface area contributed by atoms with Gasteiger partial charge in [-0.15, -0.1) is 0 Å². The van der Waals surface area contributed by atoms with Gasteiger partial charge in [0.2, 0.25) is 11.8 Å². The molecule has 0 bridgehead atoms. The minimum Gasteiger partial charge on any atom is -0.469 e. The maximum Gasteiger partial charge on any atom is 0.220 e. The molecular weight excluding hydrogens is 328 g/mol. The average molecular weight is 352 g/mol. The van der Waals surface area contributed by atoms with Crippen LogP contribution in [-0.2, 0) is 22.4 Å². The van der Waals surface area contributed by atoms with Crippen molar-refractivity contribution < 1.29 is 14.0 Å². The van der Waals surface area contributed by atoms with E-state index in [2.05, 4.69) is 22.8 Å². The number of amides is 2. The van der Waals surface area contributed by atoms with Crippen LogP contribution in [-0.4, -0.2) is 17.4 Å². The van der Waals surface area contributed by atoms with Gasteiger partial charge in [0.25, 0.3) is 0 Å². The van der Waals surface area contributed by atoms with Crippen LogP contribution in [0.2, 0.25) is 0 Å². The van der Waals surface area contributed by atoms with Crippen LogP contribution in [0.15, 0.2) is 47.1 Å². The van der Waals surface area contributed by atoms with Crippen molar-refractivity contribution in [2.24, 2.45) is 0 Å². The molecule has 1 aromatic carbocycles. The largest absolute Gasteiger partial charge is 0.469 e. The molecule has 5 heteroatoms. The van der Waals surface area contributed by atoms with Crippen LogP contribution in [0.3, 0.4) is 0 Å². The molecule has 0 unspecified atom stereocenters. The third-order valence-corrected chi connectivity index (χ3v) is 5.63. The zero-order chi connectivity index (χ0) is 18.0. The molecule has 1 aromatic heterocycles. The number of hydrogen-bond acceptors (Lipinski definition) is 3. The molecule has 1 fully saturated rings. The van der Waals surface area contributed by atoms with Gasteiger partial charge in [-0.3, -0.25) is 9.59 Å². The number of rotatable bonds is 6. The van der Waals surface area contributed by atoms with Gasteiger partial charge in [0.1, 0.15) is 5.76 Å². The van der Waals surface area contributed by atoms with Crippen molar-refractivity contribution in [3.63, 3.8) is 0 Å². The fourth-order valence-corrected chi connectivity index (χ4v) is 4.26. The lowest BCUT2D eigenvalue weighted by Gasteiger charge is -2.28. The summed E-state index contributed by atoms with van der Waals surface area (Å²) in [6, 6.07) is 12.2. The molecule has 5 nitrogen and oxygen atoms in total. The molecule has 4 rings (SSSR count). The van der Waals surface area contributed by atoms with Gasteiger partial charge in [0.05, 0.1) is 12.3 Å². The third-order valence-electron chi connectivity index (χ3n) is 5.63. The van der Waals surface area contributed by atoms with Crippen LogP contribution in [0.5, 0.6) is 0 Å². The first-order valence-electron chi connectivity index (χ1n) is 9.34. The van der Waals surface area contributed by atoms with Crippen LogP contribution in [0.4, 0.5) is 0 Å². The number of nitrogens with one attached hydrogen (secondary N) is 2. The zero-order valence-electron chi connectivity index (χ0n) is 14.8. The highest BCUT2D eigenvalue weighted by molar-refractivity contribution is 5.80. The number of hydrogen-bond donors (Lipinski definition) is 2. The summed E-state index contributed by atoms with van der Waals surface area (Å²) in [5.74, 6) is 0.950. The lowest BCUT2D eigenvalue weighted by atomic mass is 9.87. The number of carbonyl (C=O) groups is 2. The molecule has 0 saturated carbocycles. The molecule has 0 radical (unpaired) electrons. The molecule has 2 atom stereocenters. The van der Waals surface area contributed by atoms with Crippen molar-refractivity contribution in [2.75, 3.05) is 0 Å². The van der Waals surface area contributed by atoms with Crippen molar-refractivity contribution in [3.05, 3.63) is 59.5 Å². The van der Waals surface area contributed by atoms with Crippen LogP contribution < -0.4 is 10.6 Å². The van der Waals surface area contributed by atoms with Gasteiger partial charge in [-0.05, 0) is 48.9 Å². The highest BCUT2D eigenvalue weighted by atomic mass is 16.3. The van der Waals surface area contributed by atoms with E-state index in [4.69, 9.17) is 4.42 Å². The molecule has 136 valence electrons. The van der Waals surface area contributed by atoms with Gasteiger partial charge in [0.15, 0.2) is 0 Å². The normalized spacial score (nSPS) is 24.3. The summed E-state index contributed by atoms with van der Waals surface area (Å²) in [5, 5.41) is 6.26. The van der Waals surface area contributed by atoms with E-state index in [9.17, 15) is 9.59 Å². The number of fused-ring (bicyclic) bond motifs is 1. The van der Waals surface area contributed by atoms with Crippen molar-refractivity contribution >= 4 is 11.8 Å². The van der Waals surface area contributed by atoms with Gasteiger partial charge in [-0.1, -0.05) is 24.3 Å². The monoisotopic (exact) mass is 352 g/mol. The number of aryl methyl sites for hydroxylation is 1. The zero-order valence-corrected chi connectivity index (χ0v) is 14.8. The third kappa shape index (κ3) is 3.52. The van der Waals surface area contributed by atoms with E-state index in [0.717, 1.165) is 25.0 Å². The molecule has 2 aliphatic rings. The molecule has 1 aliphatic carbocycles. The van der Waals surface area contributed by atoms with Gasteiger partial charge >= 0.3 is 0 Å². The summed E-state index contributed by atoms with van der Waals surface area (Å²) >= 11 is 0. The van der Waals surface area contributed by atoms with Crippen LogP contribution >= 0.6 is 0 Å². The minimum absolute atomic E-state index is 0.0478. The number of furan rings is 1. The first kappa shape index (κ1) is 16.9. The van der Waals surface area contributed by atoms with Gasteiger partial charge in [-0.25, -0.2) is 0 Å². The Labute approximate surface area is 153 Å². The molecule has 2 N–H and O–H groups in total. The van der Waals surface area contributed by atoms with Gasteiger partial charge in [-0.2, -0.15) is 0 Å². The molecule has 2 aromatic rings. The lowest BCUT2D eigenvalue weighted by Crippen LogP contribution is -2.44. The van der Waals surface area contributed by atoms with E-state index in [1.807, 2.05) is 24.3 Å². The average Bonchev–Trinajstić information content (AvgIpc) is 3.36. The summed E-state index contributed by atoms with van der Waals surface area (Å²) in [7, 11) is 0. The maximum atomic E-state index is 12.5. The molecule has 2 heterocycles. The van der Waals surface area contributed by atoms with Crippen molar-refractivity contribution in [2.45, 2.75) is 56.5 Å². The molecule has 1 saturated heterocycles.